The van der Waals surface area contributed by atoms with Gasteiger partial charge in [0.25, 0.3) is 0 Å². The number of fused-ring (bicyclic) bond motifs is 2. The predicted octanol–water partition coefficient (Wildman–Crippen LogP) is 3.22. The Hall–Kier alpha value is -1.64. The van der Waals surface area contributed by atoms with E-state index in [1.165, 1.54) is 12.1 Å². The second-order valence-electron chi connectivity index (χ2n) is 5.33. The molecule has 0 radical (unpaired) electrons. The summed E-state index contributed by atoms with van der Waals surface area (Å²) in [6.07, 6.45) is 5.50. The van der Waals surface area contributed by atoms with Crippen molar-refractivity contribution in [1.82, 2.24) is 0 Å². The Morgan fingerprint density at radius 2 is 1.89 bits per heavy atom. The third kappa shape index (κ3) is 1.84. The summed E-state index contributed by atoms with van der Waals surface area (Å²) >= 11 is 0. The molecule has 4 unspecified atom stereocenters. The van der Waals surface area contributed by atoms with E-state index in [0.29, 0.717) is 23.4 Å². The molecule has 18 heavy (non-hydrogen) atoms. The van der Waals surface area contributed by atoms with Gasteiger partial charge in [0.2, 0.25) is 5.91 Å². The van der Waals surface area contributed by atoms with Crippen LogP contribution < -0.4 is 5.32 Å². The topological polar surface area (TPSA) is 29.1 Å². The summed E-state index contributed by atoms with van der Waals surface area (Å²) in [6.45, 7) is 2.14. The first kappa shape index (κ1) is 11.5. The van der Waals surface area contributed by atoms with Crippen molar-refractivity contribution >= 4 is 11.6 Å². The Kier molecular flexibility index (Phi) is 2.69. The second-order valence-corrected chi connectivity index (χ2v) is 5.33. The van der Waals surface area contributed by atoms with Crippen molar-refractivity contribution in [2.24, 2.45) is 23.7 Å². The number of carbonyl (C=O) groups excluding carboxylic acids is 1. The Labute approximate surface area is 106 Å². The van der Waals surface area contributed by atoms with Crippen molar-refractivity contribution in [1.29, 1.82) is 0 Å². The third-order valence-corrected chi connectivity index (χ3v) is 4.27. The first-order chi connectivity index (χ1) is 8.65. The highest BCUT2D eigenvalue weighted by atomic mass is 19.1. The first-order valence-corrected chi connectivity index (χ1v) is 6.40. The number of allylic oxidation sites excluding steroid dienone is 2. The zero-order valence-electron chi connectivity index (χ0n) is 10.3. The average Bonchev–Trinajstić information content (AvgIpc) is 2.92. The van der Waals surface area contributed by atoms with Gasteiger partial charge in [0.05, 0.1) is 0 Å². The van der Waals surface area contributed by atoms with Crippen molar-refractivity contribution in [3.8, 4) is 0 Å². The molecule has 0 spiro atoms. The fourth-order valence-electron chi connectivity index (χ4n) is 3.26. The molecule has 1 fully saturated rings. The Morgan fingerprint density at radius 3 is 2.50 bits per heavy atom. The lowest BCUT2D eigenvalue weighted by Gasteiger charge is -2.23. The highest BCUT2D eigenvalue weighted by Crippen LogP contribution is 2.47. The number of halogens is 1. The van der Waals surface area contributed by atoms with Crippen LogP contribution in [-0.2, 0) is 4.79 Å². The molecule has 3 heteroatoms. The van der Waals surface area contributed by atoms with Crippen LogP contribution in [0.2, 0.25) is 0 Å². The van der Waals surface area contributed by atoms with Gasteiger partial charge in [-0.1, -0.05) is 19.1 Å². The van der Waals surface area contributed by atoms with Crippen molar-refractivity contribution in [3.63, 3.8) is 0 Å². The van der Waals surface area contributed by atoms with Gasteiger partial charge in [0, 0.05) is 11.6 Å². The average molecular weight is 245 g/mol. The Balaban J connectivity index is 1.72. The minimum atomic E-state index is -0.288. The molecule has 0 heterocycles. The number of hydrogen-bond acceptors (Lipinski definition) is 1. The maximum atomic E-state index is 12.8. The lowest BCUT2D eigenvalue weighted by molar-refractivity contribution is -0.121. The fraction of sp³-hybridized carbons (Fsp3) is 0.400. The zero-order chi connectivity index (χ0) is 12.7. The van der Waals surface area contributed by atoms with Crippen molar-refractivity contribution in [2.75, 3.05) is 5.32 Å². The molecule has 2 aliphatic rings. The van der Waals surface area contributed by atoms with E-state index in [0.717, 1.165) is 6.42 Å². The lowest BCUT2D eigenvalue weighted by atomic mass is 9.84. The summed E-state index contributed by atoms with van der Waals surface area (Å²) in [5.41, 5.74) is 0.667. The van der Waals surface area contributed by atoms with Crippen LogP contribution in [0.25, 0.3) is 0 Å². The smallest absolute Gasteiger partial charge is 0.228 e. The Morgan fingerprint density at radius 1 is 1.22 bits per heavy atom. The second kappa shape index (κ2) is 4.23. The molecule has 4 atom stereocenters. The minimum absolute atomic E-state index is 0.0602. The van der Waals surface area contributed by atoms with Gasteiger partial charge in [-0.2, -0.15) is 0 Å². The normalized spacial score (nSPS) is 32.8. The van der Waals surface area contributed by atoms with Crippen LogP contribution in [0.5, 0.6) is 0 Å². The summed E-state index contributed by atoms with van der Waals surface area (Å²) in [7, 11) is 0. The lowest BCUT2D eigenvalue weighted by Crippen LogP contribution is -2.30. The SMILES string of the molecule is CC1C2C=CC(C2)C1C(=O)Nc1ccc(F)cc1. The Bertz CT molecular complexity index is 494. The largest absolute Gasteiger partial charge is 0.326 e. The number of benzene rings is 1. The van der Waals surface area contributed by atoms with Gasteiger partial charge in [0.1, 0.15) is 5.82 Å². The zero-order valence-corrected chi connectivity index (χ0v) is 10.3. The van der Waals surface area contributed by atoms with Gasteiger partial charge in [-0.3, -0.25) is 4.79 Å². The monoisotopic (exact) mass is 245 g/mol. The molecule has 2 bridgehead atoms. The molecule has 1 N–H and O–H groups in total. The van der Waals surface area contributed by atoms with E-state index in [1.807, 2.05) is 0 Å². The quantitative estimate of drug-likeness (QED) is 0.796. The minimum Gasteiger partial charge on any atom is -0.326 e. The summed E-state index contributed by atoms with van der Waals surface area (Å²) in [6, 6.07) is 5.92. The maximum Gasteiger partial charge on any atom is 0.228 e. The van der Waals surface area contributed by atoms with Crippen molar-refractivity contribution in [2.45, 2.75) is 13.3 Å². The number of hydrogen-bond donors (Lipinski definition) is 1. The highest BCUT2D eigenvalue weighted by Gasteiger charge is 2.45. The molecule has 1 saturated carbocycles. The van der Waals surface area contributed by atoms with E-state index >= 15 is 0 Å². The summed E-state index contributed by atoms with van der Waals surface area (Å²) < 4.78 is 12.8. The molecular weight excluding hydrogens is 229 g/mol. The molecule has 3 rings (SSSR count). The van der Waals surface area contributed by atoms with E-state index in [9.17, 15) is 9.18 Å². The third-order valence-electron chi connectivity index (χ3n) is 4.27. The highest BCUT2D eigenvalue weighted by molar-refractivity contribution is 5.93. The fourth-order valence-corrected chi connectivity index (χ4v) is 3.26. The number of rotatable bonds is 2. The van der Waals surface area contributed by atoms with Gasteiger partial charge in [-0.25, -0.2) is 4.39 Å². The number of nitrogens with one attached hydrogen (secondary N) is 1. The van der Waals surface area contributed by atoms with Crippen LogP contribution in [0.3, 0.4) is 0 Å². The number of amides is 1. The van der Waals surface area contributed by atoms with Gasteiger partial charge < -0.3 is 5.32 Å². The van der Waals surface area contributed by atoms with Crippen LogP contribution in [-0.4, -0.2) is 5.91 Å². The van der Waals surface area contributed by atoms with E-state index in [-0.39, 0.29) is 17.6 Å². The molecule has 0 aromatic heterocycles. The number of anilines is 1. The van der Waals surface area contributed by atoms with Gasteiger partial charge in [-0.05, 0) is 48.4 Å². The van der Waals surface area contributed by atoms with Gasteiger partial charge in [-0.15, -0.1) is 0 Å². The van der Waals surface area contributed by atoms with Gasteiger partial charge in [0.15, 0.2) is 0 Å². The summed E-state index contributed by atoms with van der Waals surface area (Å²) in [4.78, 5) is 12.3. The van der Waals surface area contributed by atoms with E-state index in [1.54, 1.807) is 12.1 Å². The van der Waals surface area contributed by atoms with Crippen LogP contribution in [0.15, 0.2) is 36.4 Å². The molecule has 0 aliphatic heterocycles. The van der Waals surface area contributed by atoms with Crippen LogP contribution in [0.1, 0.15) is 13.3 Å². The molecule has 1 aromatic rings. The van der Waals surface area contributed by atoms with Gasteiger partial charge >= 0.3 is 0 Å². The van der Waals surface area contributed by atoms with Crippen molar-refractivity contribution in [3.05, 3.63) is 42.2 Å². The first-order valence-electron chi connectivity index (χ1n) is 6.40. The summed E-state index contributed by atoms with van der Waals surface area (Å²) in [5, 5.41) is 2.89. The molecule has 2 nitrogen and oxygen atoms in total. The van der Waals surface area contributed by atoms with Crippen LogP contribution >= 0.6 is 0 Å². The van der Waals surface area contributed by atoms with Crippen LogP contribution in [0.4, 0.5) is 10.1 Å². The number of carbonyl (C=O) groups is 1. The standard InChI is InChI=1S/C15H16FNO/c1-9-10-2-3-11(8-10)14(9)15(18)17-13-6-4-12(16)5-7-13/h2-7,9-11,14H,8H2,1H3,(H,17,18). The van der Waals surface area contributed by atoms with Crippen LogP contribution in [0, 0.1) is 29.5 Å². The van der Waals surface area contributed by atoms with Crippen molar-refractivity contribution < 1.29 is 9.18 Å². The molecule has 94 valence electrons. The van der Waals surface area contributed by atoms with E-state index in [2.05, 4.69) is 24.4 Å². The molecule has 0 saturated heterocycles. The predicted molar refractivity (Wildman–Crippen MR) is 68.4 cm³/mol. The molecule has 2 aliphatic carbocycles. The summed E-state index contributed by atoms with van der Waals surface area (Å²) in [5.74, 6) is 1.17. The maximum absolute atomic E-state index is 12.8. The molecular formula is C15H16FNO. The molecule has 1 aromatic carbocycles. The van der Waals surface area contributed by atoms with E-state index < -0.39 is 0 Å². The van der Waals surface area contributed by atoms with E-state index in [4.69, 9.17) is 0 Å². The molecule has 1 amide bonds.